The first-order valence-electron chi connectivity index (χ1n) is 7.39. The highest BCUT2D eigenvalue weighted by molar-refractivity contribution is 7.89. The molecule has 4 nitrogen and oxygen atoms in total. The Morgan fingerprint density at radius 2 is 2.14 bits per heavy atom. The minimum atomic E-state index is -3.31. The summed E-state index contributed by atoms with van der Waals surface area (Å²) in [7, 11) is -3.31. The first-order chi connectivity index (χ1) is 10.0. The molecule has 0 aliphatic heterocycles. The summed E-state index contributed by atoms with van der Waals surface area (Å²) in [5.74, 6) is 1.48. The third-order valence-corrected chi connectivity index (χ3v) is 5.38. The lowest BCUT2D eigenvalue weighted by Crippen LogP contribution is -2.36. The zero-order valence-electron chi connectivity index (χ0n) is 12.0. The quantitative estimate of drug-likeness (QED) is 0.751. The van der Waals surface area contributed by atoms with Gasteiger partial charge in [0.25, 0.3) is 0 Å². The van der Waals surface area contributed by atoms with Crippen LogP contribution in [0.4, 0.5) is 0 Å². The summed E-state index contributed by atoms with van der Waals surface area (Å²) in [4.78, 5) is 0. The maximum atomic E-state index is 12.0. The fourth-order valence-electron chi connectivity index (χ4n) is 2.45. The van der Waals surface area contributed by atoms with Gasteiger partial charge in [0.2, 0.25) is 10.0 Å². The van der Waals surface area contributed by atoms with Gasteiger partial charge in [-0.15, -0.1) is 6.58 Å². The molecule has 2 aliphatic carbocycles. The van der Waals surface area contributed by atoms with Gasteiger partial charge in [-0.25, -0.2) is 13.1 Å². The van der Waals surface area contributed by atoms with Crippen molar-refractivity contribution in [2.45, 2.75) is 31.2 Å². The second-order valence-electron chi connectivity index (χ2n) is 6.04. The van der Waals surface area contributed by atoms with Crippen LogP contribution in [0.2, 0.25) is 0 Å². The molecule has 2 aliphatic rings. The van der Waals surface area contributed by atoms with Gasteiger partial charge < -0.3 is 4.74 Å². The van der Waals surface area contributed by atoms with Gasteiger partial charge in [0.15, 0.2) is 0 Å². The SMILES string of the molecule is C=CCS(=O)(=O)NC1(c2cccc(OCC3CC3)c2)CC1. The van der Waals surface area contributed by atoms with Gasteiger partial charge in [-0.3, -0.25) is 0 Å². The van der Waals surface area contributed by atoms with Crippen molar-refractivity contribution in [3.63, 3.8) is 0 Å². The number of hydrogen-bond donors (Lipinski definition) is 1. The van der Waals surface area contributed by atoms with Crippen LogP contribution in [0.1, 0.15) is 31.2 Å². The third kappa shape index (κ3) is 3.66. The van der Waals surface area contributed by atoms with Crippen LogP contribution in [-0.2, 0) is 15.6 Å². The first kappa shape index (κ1) is 14.6. The molecular formula is C16H21NO3S. The molecule has 0 radical (unpaired) electrons. The van der Waals surface area contributed by atoms with Gasteiger partial charge in [-0.1, -0.05) is 18.2 Å². The average Bonchev–Trinajstić information content (AvgIpc) is 3.32. The van der Waals surface area contributed by atoms with Crippen molar-refractivity contribution in [3.8, 4) is 5.75 Å². The zero-order valence-corrected chi connectivity index (χ0v) is 12.9. The molecule has 5 heteroatoms. The average molecular weight is 307 g/mol. The van der Waals surface area contributed by atoms with Crippen LogP contribution in [0.15, 0.2) is 36.9 Å². The molecule has 0 aromatic heterocycles. The summed E-state index contributed by atoms with van der Waals surface area (Å²) in [6.45, 7) is 4.25. The van der Waals surface area contributed by atoms with Crippen LogP contribution in [0.3, 0.4) is 0 Å². The number of hydrogen-bond acceptors (Lipinski definition) is 3. The predicted molar refractivity (Wildman–Crippen MR) is 82.7 cm³/mol. The smallest absolute Gasteiger partial charge is 0.215 e. The van der Waals surface area contributed by atoms with Crippen LogP contribution < -0.4 is 9.46 Å². The van der Waals surface area contributed by atoms with Crippen molar-refractivity contribution in [3.05, 3.63) is 42.5 Å². The molecule has 114 valence electrons. The summed E-state index contributed by atoms with van der Waals surface area (Å²) in [5, 5.41) is 0. The zero-order chi connectivity index (χ0) is 14.9. The van der Waals surface area contributed by atoms with E-state index in [0.29, 0.717) is 5.92 Å². The van der Waals surface area contributed by atoms with Crippen LogP contribution in [0.5, 0.6) is 5.75 Å². The van der Waals surface area contributed by atoms with Gasteiger partial charge in [0, 0.05) is 0 Å². The molecule has 0 saturated heterocycles. The van der Waals surface area contributed by atoms with Crippen molar-refractivity contribution >= 4 is 10.0 Å². The fourth-order valence-corrected chi connectivity index (χ4v) is 3.76. The van der Waals surface area contributed by atoms with Crippen LogP contribution in [-0.4, -0.2) is 20.8 Å². The molecule has 0 spiro atoms. The summed E-state index contributed by atoms with van der Waals surface area (Å²) < 4.78 is 32.5. The van der Waals surface area contributed by atoms with Crippen molar-refractivity contribution in [2.75, 3.05) is 12.4 Å². The Morgan fingerprint density at radius 1 is 1.38 bits per heavy atom. The molecule has 3 rings (SSSR count). The Labute approximate surface area is 126 Å². The van der Waals surface area contributed by atoms with E-state index in [1.165, 1.54) is 18.9 Å². The van der Waals surface area contributed by atoms with E-state index in [-0.39, 0.29) is 5.75 Å². The van der Waals surface area contributed by atoms with Gasteiger partial charge in [0.05, 0.1) is 17.9 Å². The van der Waals surface area contributed by atoms with Crippen LogP contribution in [0.25, 0.3) is 0 Å². The fraction of sp³-hybridized carbons (Fsp3) is 0.500. The summed E-state index contributed by atoms with van der Waals surface area (Å²) in [6.07, 6.45) is 5.58. The van der Waals surface area contributed by atoms with E-state index in [0.717, 1.165) is 30.8 Å². The molecule has 1 aromatic rings. The molecule has 2 fully saturated rings. The largest absolute Gasteiger partial charge is 0.493 e. The van der Waals surface area contributed by atoms with E-state index in [9.17, 15) is 8.42 Å². The maximum Gasteiger partial charge on any atom is 0.215 e. The minimum Gasteiger partial charge on any atom is -0.493 e. The molecule has 1 N–H and O–H groups in total. The van der Waals surface area contributed by atoms with E-state index in [4.69, 9.17) is 4.74 Å². The lowest BCUT2D eigenvalue weighted by molar-refractivity contribution is 0.299. The molecule has 0 unspecified atom stereocenters. The summed E-state index contributed by atoms with van der Waals surface area (Å²) in [6, 6.07) is 7.79. The monoisotopic (exact) mass is 307 g/mol. The van der Waals surface area contributed by atoms with E-state index < -0.39 is 15.6 Å². The maximum absolute atomic E-state index is 12.0. The lowest BCUT2D eigenvalue weighted by atomic mass is 10.1. The predicted octanol–water partition coefficient (Wildman–Crippen LogP) is 2.57. The first-order valence-corrected chi connectivity index (χ1v) is 9.04. The number of nitrogens with one attached hydrogen (secondary N) is 1. The van der Waals surface area contributed by atoms with E-state index in [1.54, 1.807) is 0 Å². The third-order valence-electron chi connectivity index (χ3n) is 4.01. The lowest BCUT2D eigenvalue weighted by Gasteiger charge is -2.18. The van der Waals surface area contributed by atoms with E-state index in [2.05, 4.69) is 11.3 Å². The van der Waals surface area contributed by atoms with Crippen molar-refractivity contribution in [1.82, 2.24) is 4.72 Å². The molecular weight excluding hydrogens is 286 g/mol. The van der Waals surface area contributed by atoms with Gasteiger partial charge in [-0.05, 0) is 49.3 Å². The van der Waals surface area contributed by atoms with Gasteiger partial charge >= 0.3 is 0 Å². The van der Waals surface area contributed by atoms with Crippen LogP contribution in [0, 0.1) is 5.92 Å². The van der Waals surface area contributed by atoms with Crippen LogP contribution >= 0.6 is 0 Å². The van der Waals surface area contributed by atoms with E-state index >= 15 is 0 Å². The molecule has 0 atom stereocenters. The standard InChI is InChI=1S/C16H21NO3S/c1-2-10-21(18,19)17-16(8-9-16)14-4-3-5-15(11-14)20-12-13-6-7-13/h2-5,11,13,17H,1,6-10,12H2. The van der Waals surface area contributed by atoms with Gasteiger partial charge in [0.1, 0.15) is 5.75 Å². The van der Waals surface area contributed by atoms with Crippen molar-refractivity contribution in [2.24, 2.45) is 5.92 Å². The Hall–Kier alpha value is -1.33. The molecule has 0 bridgehead atoms. The van der Waals surface area contributed by atoms with E-state index in [1.807, 2.05) is 24.3 Å². The topological polar surface area (TPSA) is 55.4 Å². The summed E-state index contributed by atoms with van der Waals surface area (Å²) in [5.41, 5.74) is 0.546. The molecule has 2 saturated carbocycles. The number of ether oxygens (including phenoxy) is 1. The molecule has 0 amide bonds. The second kappa shape index (κ2) is 5.46. The van der Waals surface area contributed by atoms with Crippen molar-refractivity contribution < 1.29 is 13.2 Å². The summed E-state index contributed by atoms with van der Waals surface area (Å²) >= 11 is 0. The number of rotatable bonds is 8. The highest BCUT2D eigenvalue weighted by Gasteiger charge is 2.47. The Bertz CT molecular complexity index is 631. The van der Waals surface area contributed by atoms with Crippen molar-refractivity contribution in [1.29, 1.82) is 0 Å². The normalized spacial score (nSPS) is 20.0. The van der Waals surface area contributed by atoms with Gasteiger partial charge in [-0.2, -0.15) is 0 Å². The molecule has 0 heterocycles. The Balaban J connectivity index is 1.72. The highest BCUT2D eigenvalue weighted by Crippen LogP contribution is 2.47. The molecule has 21 heavy (non-hydrogen) atoms. The number of sulfonamides is 1. The number of benzene rings is 1. The Kier molecular flexibility index (Phi) is 3.80. The molecule has 1 aromatic carbocycles. The second-order valence-corrected chi connectivity index (χ2v) is 7.80. The Morgan fingerprint density at radius 3 is 2.76 bits per heavy atom. The highest BCUT2D eigenvalue weighted by atomic mass is 32.2. The minimum absolute atomic E-state index is 0.0490.